The highest BCUT2D eigenvalue weighted by Crippen LogP contribution is 2.52. The van der Waals surface area contributed by atoms with E-state index in [4.69, 9.17) is 9.47 Å². The van der Waals surface area contributed by atoms with E-state index in [0.717, 1.165) is 11.3 Å². The minimum absolute atomic E-state index is 0.0181. The van der Waals surface area contributed by atoms with Crippen molar-refractivity contribution in [1.29, 1.82) is 0 Å². The van der Waals surface area contributed by atoms with E-state index in [1.807, 2.05) is 48.2 Å². The molecule has 4 atom stereocenters. The second kappa shape index (κ2) is 7.92. The number of carbonyl (C=O) groups is 3. The maximum Gasteiger partial charge on any atom is 0.409 e. The zero-order valence-corrected chi connectivity index (χ0v) is 18.5. The Labute approximate surface area is 187 Å². The Morgan fingerprint density at radius 2 is 1.94 bits per heavy atom. The standard InChI is InChI=1S/C24H29N3O5/c1-3-31-23(30)26-12-9-17(10-13-26)27-14-24-11-8-18(32-24)19(20(24)22(27)29)21(28)25-16-6-4-15(2)5-7-16/h4-8,11,17-20H,3,9-10,12-14H2,1-2H3,(H,25,28)/t18?,19-,20+,24?/m1/s1. The summed E-state index contributed by atoms with van der Waals surface area (Å²) in [5.41, 5.74) is 1.11. The molecule has 1 spiro atoms. The molecule has 5 rings (SSSR count). The molecule has 8 heteroatoms. The number of nitrogens with zero attached hydrogens (tertiary/aromatic N) is 2. The van der Waals surface area contributed by atoms with Crippen molar-refractivity contribution in [1.82, 2.24) is 9.80 Å². The van der Waals surface area contributed by atoms with Crippen molar-refractivity contribution in [2.45, 2.75) is 44.4 Å². The van der Waals surface area contributed by atoms with E-state index >= 15 is 0 Å². The fourth-order valence-electron chi connectivity index (χ4n) is 5.57. The van der Waals surface area contributed by atoms with E-state index in [9.17, 15) is 14.4 Å². The van der Waals surface area contributed by atoms with E-state index < -0.39 is 17.4 Å². The van der Waals surface area contributed by atoms with Crippen LogP contribution in [0.5, 0.6) is 0 Å². The van der Waals surface area contributed by atoms with Crippen molar-refractivity contribution >= 4 is 23.6 Å². The molecular formula is C24H29N3O5. The van der Waals surface area contributed by atoms with E-state index in [0.29, 0.717) is 39.1 Å². The summed E-state index contributed by atoms with van der Waals surface area (Å²) in [5, 5.41) is 2.97. The average Bonchev–Trinajstić information content (AvgIpc) is 3.44. The molecule has 3 fully saturated rings. The fraction of sp³-hybridized carbons (Fsp3) is 0.542. The monoisotopic (exact) mass is 439 g/mol. The maximum atomic E-state index is 13.5. The van der Waals surface area contributed by atoms with Gasteiger partial charge in [0.15, 0.2) is 0 Å². The molecule has 1 aromatic carbocycles. The molecule has 4 aliphatic heterocycles. The first-order chi connectivity index (χ1) is 15.4. The van der Waals surface area contributed by atoms with Gasteiger partial charge in [0.25, 0.3) is 0 Å². The van der Waals surface area contributed by atoms with E-state index in [1.165, 1.54) is 0 Å². The molecule has 2 bridgehead atoms. The Bertz CT molecular complexity index is 953. The third kappa shape index (κ3) is 3.37. The lowest BCUT2D eigenvalue weighted by Crippen LogP contribution is -2.49. The third-order valence-electron chi connectivity index (χ3n) is 7.18. The molecule has 0 radical (unpaired) electrons. The summed E-state index contributed by atoms with van der Waals surface area (Å²) in [7, 11) is 0. The van der Waals surface area contributed by atoms with Crippen LogP contribution in [0.3, 0.4) is 0 Å². The molecule has 4 heterocycles. The number of nitrogens with one attached hydrogen (secondary N) is 1. The fourth-order valence-corrected chi connectivity index (χ4v) is 5.57. The maximum absolute atomic E-state index is 13.5. The smallest absolute Gasteiger partial charge is 0.409 e. The van der Waals surface area contributed by atoms with Crippen LogP contribution in [0.4, 0.5) is 10.5 Å². The molecule has 3 saturated heterocycles. The molecule has 170 valence electrons. The lowest BCUT2D eigenvalue weighted by atomic mass is 9.76. The Hall–Kier alpha value is -2.87. The number of carbonyl (C=O) groups excluding carboxylic acids is 3. The summed E-state index contributed by atoms with van der Waals surface area (Å²) < 4.78 is 11.3. The Morgan fingerprint density at radius 1 is 1.22 bits per heavy atom. The molecule has 0 aromatic heterocycles. The van der Waals surface area contributed by atoms with Crippen molar-refractivity contribution < 1.29 is 23.9 Å². The van der Waals surface area contributed by atoms with E-state index in [-0.39, 0.29) is 30.1 Å². The summed E-state index contributed by atoms with van der Waals surface area (Å²) >= 11 is 0. The topological polar surface area (TPSA) is 88.2 Å². The SMILES string of the molecule is CCOC(=O)N1CCC(N2CC34C=CC(O3)[C@@H](C(=O)Nc3ccc(C)cc3)[C@H]4C2=O)CC1. The summed E-state index contributed by atoms with van der Waals surface area (Å²) in [6.45, 7) is 5.71. The quantitative estimate of drug-likeness (QED) is 0.728. The summed E-state index contributed by atoms with van der Waals surface area (Å²) in [6.07, 6.45) is 4.62. The van der Waals surface area contributed by atoms with Crippen LogP contribution in [0, 0.1) is 18.8 Å². The van der Waals surface area contributed by atoms with Crippen LogP contribution in [0.25, 0.3) is 0 Å². The third-order valence-corrected chi connectivity index (χ3v) is 7.18. The number of hydrogen-bond donors (Lipinski definition) is 1. The minimum atomic E-state index is -0.727. The summed E-state index contributed by atoms with van der Waals surface area (Å²) in [4.78, 5) is 42.3. The molecule has 8 nitrogen and oxygen atoms in total. The summed E-state index contributed by atoms with van der Waals surface area (Å²) in [5.74, 6) is -1.25. The van der Waals surface area contributed by atoms with Crippen LogP contribution in [-0.2, 0) is 19.1 Å². The van der Waals surface area contributed by atoms with Gasteiger partial charge in [0.05, 0.1) is 31.1 Å². The number of fused-ring (bicyclic) bond motifs is 1. The van der Waals surface area contributed by atoms with E-state index in [1.54, 1.807) is 11.8 Å². The first-order valence-electron chi connectivity index (χ1n) is 11.4. The Morgan fingerprint density at radius 3 is 2.62 bits per heavy atom. The highest BCUT2D eigenvalue weighted by molar-refractivity contribution is 5.99. The molecule has 3 amide bonds. The molecule has 32 heavy (non-hydrogen) atoms. The number of aryl methyl sites for hydroxylation is 1. The number of amides is 3. The highest BCUT2D eigenvalue weighted by atomic mass is 16.6. The van der Waals surface area contributed by atoms with Crippen LogP contribution in [0.2, 0.25) is 0 Å². The number of anilines is 1. The van der Waals surface area contributed by atoms with Crippen LogP contribution >= 0.6 is 0 Å². The Kier molecular flexibility index (Phi) is 5.20. The van der Waals surface area contributed by atoms with Crippen LogP contribution in [0.1, 0.15) is 25.3 Å². The molecule has 4 aliphatic rings. The second-order valence-corrected chi connectivity index (χ2v) is 9.14. The molecule has 1 N–H and O–H groups in total. The lowest BCUT2D eigenvalue weighted by molar-refractivity contribution is -0.138. The van der Waals surface area contributed by atoms with Gasteiger partial charge in [-0.1, -0.05) is 29.8 Å². The largest absolute Gasteiger partial charge is 0.450 e. The number of ether oxygens (including phenoxy) is 2. The summed E-state index contributed by atoms with van der Waals surface area (Å²) in [6, 6.07) is 7.66. The molecule has 0 saturated carbocycles. The van der Waals surface area contributed by atoms with Gasteiger partial charge in [-0.3, -0.25) is 9.59 Å². The lowest BCUT2D eigenvalue weighted by Gasteiger charge is -2.37. The van der Waals surface area contributed by atoms with Crippen molar-refractivity contribution in [3.05, 3.63) is 42.0 Å². The second-order valence-electron chi connectivity index (χ2n) is 9.14. The average molecular weight is 440 g/mol. The van der Waals surface area contributed by atoms with Gasteiger partial charge in [-0.25, -0.2) is 4.79 Å². The van der Waals surface area contributed by atoms with Gasteiger partial charge in [0.2, 0.25) is 11.8 Å². The number of hydrogen-bond acceptors (Lipinski definition) is 5. The zero-order chi connectivity index (χ0) is 22.5. The van der Waals surface area contributed by atoms with Crippen molar-refractivity contribution in [3.63, 3.8) is 0 Å². The predicted octanol–water partition coefficient (Wildman–Crippen LogP) is 2.34. The predicted molar refractivity (Wildman–Crippen MR) is 117 cm³/mol. The molecular weight excluding hydrogens is 410 g/mol. The van der Waals surface area contributed by atoms with Gasteiger partial charge < -0.3 is 24.6 Å². The molecule has 2 unspecified atom stereocenters. The van der Waals surface area contributed by atoms with E-state index in [2.05, 4.69) is 5.32 Å². The van der Waals surface area contributed by atoms with Gasteiger partial charge in [-0.15, -0.1) is 0 Å². The first kappa shape index (κ1) is 21.0. The highest BCUT2D eigenvalue weighted by Gasteiger charge is 2.67. The van der Waals surface area contributed by atoms with Crippen molar-refractivity contribution in [3.8, 4) is 0 Å². The van der Waals surface area contributed by atoms with Crippen LogP contribution < -0.4 is 5.32 Å². The van der Waals surface area contributed by atoms with Crippen LogP contribution in [0.15, 0.2) is 36.4 Å². The van der Waals surface area contributed by atoms with Crippen molar-refractivity contribution in [2.75, 3.05) is 31.6 Å². The number of piperidine rings is 1. The van der Waals surface area contributed by atoms with Gasteiger partial charge in [-0.2, -0.15) is 0 Å². The number of rotatable bonds is 4. The molecule has 1 aromatic rings. The van der Waals surface area contributed by atoms with Gasteiger partial charge in [0.1, 0.15) is 5.60 Å². The number of likely N-dealkylation sites (tertiary alicyclic amines) is 2. The zero-order valence-electron chi connectivity index (χ0n) is 18.5. The molecule has 0 aliphatic carbocycles. The number of benzene rings is 1. The normalized spacial score (nSPS) is 31.2. The minimum Gasteiger partial charge on any atom is -0.450 e. The van der Waals surface area contributed by atoms with Gasteiger partial charge >= 0.3 is 6.09 Å². The van der Waals surface area contributed by atoms with Gasteiger partial charge in [0, 0.05) is 24.8 Å². The van der Waals surface area contributed by atoms with Crippen LogP contribution in [-0.4, -0.2) is 71.7 Å². The van der Waals surface area contributed by atoms with Gasteiger partial charge in [-0.05, 0) is 38.8 Å². The first-order valence-corrected chi connectivity index (χ1v) is 11.4. The Balaban J connectivity index is 1.29. The van der Waals surface area contributed by atoms with Crippen molar-refractivity contribution in [2.24, 2.45) is 11.8 Å².